The molecule has 0 aliphatic carbocycles. The topological polar surface area (TPSA) is 170 Å². The molecule has 1 aromatic carbocycles. The highest BCUT2D eigenvalue weighted by molar-refractivity contribution is 8.04. The highest BCUT2D eigenvalue weighted by Gasteiger charge is 2.64. The number of rotatable bonds is 13. The van der Waals surface area contributed by atoms with Gasteiger partial charge in [0, 0.05) is 39.5 Å². The van der Waals surface area contributed by atoms with E-state index in [1.54, 1.807) is 37.3 Å². The number of carbonyl (C=O) groups is 6. The first-order chi connectivity index (χ1) is 20.2. The van der Waals surface area contributed by atoms with E-state index in [0.29, 0.717) is 10.6 Å². The van der Waals surface area contributed by atoms with Crippen molar-refractivity contribution >= 4 is 59.3 Å². The first kappa shape index (κ1) is 35.9. The standard InChI is InChI=1S/C28H37NO12S2/c1-8-42-28(27(35)36-7)26(43-20-12-10-9-11-13-20)25(40-19(6)34)22(29-15(2)30)24(41-28)23(39-18(5)33)21(38-17(4)32)14-37-16(3)31/h9-13,21-26H,8,14H2,1-7H3,(H,29,30)/t21-,22-,23+,24-,25+,26+,28-/m0/s1. The zero-order valence-corrected chi connectivity index (χ0v) is 26.6. The van der Waals surface area contributed by atoms with Crippen LogP contribution in [-0.2, 0) is 57.2 Å². The summed E-state index contributed by atoms with van der Waals surface area (Å²) in [6.45, 7) is 6.90. The maximum Gasteiger partial charge on any atom is 0.350 e. The molecule has 43 heavy (non-hydrogen) atoms. The van der Waals surface area contributed by atoms with Crippen molar-refractivity contribution in [2.45, 2.75) is 87.1 Å². The second-order valence-corrected chi connectivity index (χ2v) is 12.0. The summed E-state index contributed by atoms with van der Waals surface area (Å²) in [6.07, 6.45) is -5.80. The van der Waals surface area contributed by atoms with Crippen LogP contribution >= 0.6 is 23.5 Å². The number of carbonyl (C=O) groups excluding carboxylic acids is 6. The Morgan fingerprint density at radius 2 is 1.56 bits per heavy atom. The van der Waals surface area contributed by atoms with Crippen LogP contribution in [-0.4, -0.2) is 95.9 Å². The third-order valence-corrected chi connectivity index (χ3v) is 8.74. The molecule has 1 heterocycles. The lowest BCUT2D eigenvalue weighted by Crippen LogP contribution is -2.73. The number of nitrogens with one attached hydrogen (secondary N) is 1. The first-order valence-corrected chi connectivity index (χ1v) is 15.2. The Labute approximate surface area is 258 Å². The van der Waals surface area contributed by atoms with E-state index in [2.05, 4.69) is 5.32 Å². The van der Waals surface area contributed by atoms with Crippen LogP contribution in [0.15, 0.2) is 35.2 Å². The van der Waals surface area contributed by atoms with Crippen molar-refractivity contribution in [1.82, 2.24) is 5.32 Å². The fourth-order valence-electron chi connectivity index (χ4n) is 4.57. The summed E-state index contributed by atoms with van der Waals surface area (Å²) < 4.78 is 33.7. The molecule has 1 fully saturated rings. The monoisotopic (exact) mass is 643 g/mol. The van der Waals surface area contributed by atoms with Crippen molar-refractivity contribution in [1.29, 1.82) is 0 Å². The number of ether oxygens (including phenoxy) is 6. The predicted molar refractivity (Wildman–Crippen MR) is 155 cm³/mol. The van der Waals surface area contributed by atoms with E-state index in [9.17, 15) is 28.8 Å². The molecule has 0 bridgehead atoms. The highest BCUT2D eigenvalue weighted by Crippen LogP contribution is 2.49. The van der Waals surface area contributed by atoms with Gasteiger partial charge in [0.25, 0.3) is 0 Å². The van der Waals surface area contributed by atoms with Crippen LogP contribution in [0, 0.1) is 0 Å². The van der Waals surface area contributed by atoms with Gasteiger partial charge < -0.3 is 33.7 Å². The van der Waals surface area contributed by atoms with Gasteiger partial charge in [-0.05, 0) is 17.9 Å². The molecule has 0 spiro atoms. The smallest absolute Gasteiger partial charge is 0.350 e. The zero-order valence-electron chi connectivity index (χ0n) is 25.0. The minimum atomic E-state index is -1.91. The number of hydrogen-bond donors (Lipinski definition) is 1. The lowest BCUT2D eigenvalue weighted by molar-refractivity contribution is -0.222. The van der Waals surface area contributed by atoms with Crippen molar-refractivity contribution in [3.05, 3.63) is 30.3 Å². The fraction of sp³-hybridized carbons (Fsp3) is 0.571. The Bertz CT molecular complexity index is 1170. The van der Waals surface area contributed by atoms with Gasteiger partial charge in [-0.2, -0.15) is 0 Å². The molecule has 1 aliphatic heterocycles. The number of benzene rings is 1. The molecule has 2 rings (SSSR count). The molecule has 13 nitrogen and oxygen atoms in total. The lowest BCUT2D eigenvalue weighted by Gasteiger charge is -2.52. The van der Waals surface area contributed by atoms with Crippen molar-refractivity contribution in [2.75, 3.05) is 19.5 Å². The third kappa shape index (κ3) is 9.86. The molecule has 0 radical (unpaired) electrons. The maximum atomic E-state index is 13.7. The van der Waals surface area contributed by atoms with Crippen LogP contribution in [0.1, 0.15) is 41.5 Å². The summed E-state index contributed by atoms with van der Waals surface area (Å²) in [6, 6.07) is 7.66. The molecular formula is C28H37NO12S2. The molecule has 0 saturated carbocycles. The van der Waals surface area contributed by atoms with Crippen LogP contribution in [0.2, 0.25) is 0 Å². The molecule has 1 N–H and O–H groups in total. The van der Waals surface area contributed by atoms with E-state index >= 15 is 0 Å². The summed E-state index contributed by atoms with van der Waals surface area (Å²) in [5.74, 6) is -4.21. The van der Waals surface area contributed by atoms with Gasteiger partial charge in [-0.15, -0.1) is 23.5 Å². The summed E-state index contributed by atoms with van der Waals surface area (Å²) in [5.41, 5.74) is 0. The number of methoxy groups -OCH3 is 1. The highest BCUT2D eigenvalue weighted by atomic mass is 32.2. The number of hydrogen-bond acceptors (Lipinski definition) is 14. The van der Waals surface area contributed by atoms with Crippen molar-refractivity contribution in [3.63, 3.8) is 0 Å². The van der Waals surface area contributed by atoms with Gasteiger partial charge >= 0.3 is 29.8 Å². The van der Waals surface area contributed by atoms with E-state index in [4.69, 9.17) is 28.4 Å². The van der Waals surface area contributed by atoms with Crippen LogP contribution in [0.25, 0.3) is 0 Å². The largest absolute Gasteiger partial charge is 0.466 e. The minimum absolute atomic E-state index is 0.310. The molecule has 1 amide bonds. The Kier molecular flexibility index (Phi) is 13.8. The summed E-state index contributed by atoms with van der Waals surface area (Å²) in [4.78, 5) is 73.8. The number of amides is 1. The van der Waals surface area contributed by atoms with Gasteiger partial charge in [0.15, 0.2) is 12.2 Å². The number of esters is 5. The summed E-state index contributed by atoms with van der Waals surface area (Å²) >= 11 is 2.20. The van der Waals surface area contributed by atoms with Crippen LogP contribution in [0.4, 0.5) is 0 Å². The summed E-state index contributed by atoms with van der Waals surface area (Å²) in [7, 11) is 1.16. The third-order valence-electron chi connectivity index (χ3n) is 5.96. The van der Waals surface area contributed by atoms with Crippen LogP contribution in [0.3, 0.4) is 0 Å². The van der Waals surface area contributed by atoms with Crippen LogP contribution in [0.5, 0.6) is 0 Å². The van der Waals surface area contributed by atoms with E-state index in [1.807, 2.05) is 0 Å². The molecule has 1 aliphatic rings. The molecule has 15 heteroatoms. The summed E-state index contributed by atoms with van der Waals surface area (Å²) in [5, 5.41) is 1.69. The van der Waals surface area contributed by atoms with Crippen molar-refractivity contribution in [3.8, 4) is 0 Å². The molecule has 0 aromatic heterocycles. The van der Waals surface area contributed by atoms with Crippen molar-refractivity contribution in [2.24, 2.45) is 0 Å². The second kappa shape index (κ2) is 16.5. The van der Waals surface area contributed by atoms with E-state index < -0.39 is 83.0 Å². The van der Waals surface area contributed by atoms with E-state index in [-0.39, 0.29) is 0 Å². The van der Waals surface area contributed by atoms with Gasteiger partial charge in [-0.25, -0.2) is 4.79 Å². The quantitative estimate of drug-likeness (QED) is 0.245. The van der Waals surface area contributed by atoms with Gasteiger partial charge in [-0.3, -0.25) is 24.0 Å². The Balaban J connectivity index is 2.89. The minimum Gasteiger partial charge on any atom is -0.466 e. The SMILES string of the molecule is CCS[C@@]1(C(=O)OC)O[C@H]([C@H](OC(C)=O)[C@H](COC(C)=O)OC(C)=O)[C@H](NC(C)=O)[C@@H](OC(C)=O)[C@H]1Sc1ccccc1. The van der Waals surface area contributed by atoms with E-state index in [0.717, 1.165) is 58.3 Å². The number of thioether (sulfide) groups is 2. The zero-order chi connectivity index (χ0) is 32.3. The lowest BCUT2D eigenvalue weighted by atomic mass is 9.88. The van der Waals surface area contributed by atoms with Gasteiger partial charge in [-0.1, -0.05) is 25.1 Å². The maximum absolute atomic E-state index is 13.7. The molecular weight excluding hydrogens is 606 g/mol. The molecule has 238 valence electrons. The Morgan fingerprint density at radius 1 is 0.930 bits per heavy atom. The fourth-order valence-corrected chi connectivity index (χ4v) is 7.30. The van der Waals surface area contributed by atoms with Gasteiger partial charge in [0.05, 0.1) is 18.4 Å². The average Bonchev–Trinajstić information content (AvgIpc) is 2.92. The second-order valence-electron chi connectivity index (χ2n) is 9.35. The van der Waals surface area contributed by atoms with Crippen molar-refractivity contribution < 1.29 is 57.2 Å². The molecule has 1 aromatic rings. The first-order valence-electron chi connectivity index (χ1n) is 13.3. The van der Waals surface area contributed by atoms with Crippen LogP contribution < -0.4 is 5.32 Å². The van der Waals surface area contributed by atoms with E-state index in [1.165, 1.54) is 6.92 Å². The average molecular weight is 644 g/mol. The van der Waals surface area contributed by atoms with Gasteiger partial charge in [0.2, 0.25) is 10.8 Å². The van der Waals surface area contributed by atoms with Gasteiger partial charge in [0.1, 0.15) is 18.8 Å². The molecule has 0 unspecified atom stereocenters. The Morgan fingerprint density at radius 3 is 2.05 bits per heavy atom. The molecule has 7 atom stereocenters. The Hall–Kier alpha value is -3.30. The predicted octanol–water partition coefficient (Wildman–Crippen LogP) is 2.03. The normalized spacial score (nSPS) is 24.4. The molecule has 1 saturated heterocycles.